The van der Waals surface area contributed by atoms with Crippen molar-refractivity contribution in [2.24, 2.45) is 11.7 Å². The number of hydrogen-bond donors (Lipinski definition) is 1. The normalized spacial score (nSPS) is 31.7. The van der Waals surface area contributed by atoms with Gasteiger partial charge in [-0.3, -0.25) is 4.90 Å². The van der Waals surface area contributed by atoms with E-state index in [9.17, 15) is 0 Å². The van der Waals surface area contributed by atoms with Crippen LogP contribution in [0.25, 0.3) is 0 Å². The van der Waals surface area contributed by atoms with Crippen LogP contribution in [-0.2, 0) is 9.47 Å². The molecule has 1 saturated heterocycles. The van der Waals surface area contributed by atoms with Crippen LogP contribution >= 0.6 is 0 Å². The van der Waals surface area contributed by atoms with Crippen LogP contribution in [0.15, 0.2) is 0 Å². The third-order valence-corrected chi connectivity index (χ3v) is 4.97. The minimum Gasteiger partial charge on any atom is -0.377 e. The standard InChI is InChI=1S/C15H30N2O2/c1-18-14-10-17(11-15(14)19-2)13(9-16)8-12-6-4-3-5-7-12/h12-15H,3-11,16H2,1-2H3. The Labute approximate surface area is 117 Å². The second kappa shape index (κ2) is 7.58. The van der Waals surface area contributed by atoms with Gasteiger partial charge in [0.05, 0.1) is 12.2 Å². The van der Waals surface area contributed by atoms with Crippen molar-refractivity contribution in [3.05, 3.63) is 0 Å². The fourth-order valence-electron chi connectivity index (χ4n) is 3.72. The number of nitrogens with zero attached hydrogens (tertiary/aromatic N) is 1. The summed E-state index contributed by atoms with van der Waals surface area (Å²) in [6.45, 7) is 2.68. The minimum absolute atomic E-state index is 0.199. The second-order valence-electron chi connectivity index (χ2n) is 6.13. The Balaban J connectivity index is 1.86. The van der Waals surface area contributed by atoms with E-state index in [0.717, 1.165) is 25.6 Å². The van der Waals surface area contributed by atoms with Gasteiger partial charge in [-0.2, -0.15) is 0 Å². The highest BCUT2D eigenvalue weighted by atomic mass is 16.5. The van der Waals surface area contributed by atoms with Gasteiger partial charge in [-0.1, -0.05) is 32.1 Å². The van der Waals surface area contributed by atoms with Crippen molar-refractivity contribution >= 4 is 0 Å². The number of ether oxygens (including phenoxy) is 2. The first kappa shape index (κ1) is 15.2. The maximum absolute atomic E-state index is 6.02. The van der Waals surface area contributed by atoms with Gasteiger partial charge in [-0.05, 0) is 12.3 Å². The quantitative estimate of drug-likeness (QED) is 0.797. The summed E-state index contributed by atoms with van der Waals surface area (Å²) in [5.74, 6) is 0.880. The molecular weight excluding hydrogens is 240 g/mol. The van der Waals surface area contributed by atoms with Crippen LogP contribution in [0.4, 0.5) is 0 Å². The van der Waals surface area contributed by atoms with E-state index in [1.54, 1.807) is 14.2 Å². The molecule has 1 heterocycles. The van der Waals surface area contributed by atoms with Gasteiger partial charge < -0.3 is 15.2 Å². The minimum atomic E-state index is 0.199. The first-order valence-corrected chi connectivity index (χ1v) is 7.78. The zero-order valence-electron chi connectivity index (χ0n) is 12.5. The van der Waals surface area contributed by atoms with Crippen molar-refractivity contribution in [1.29, 1.82) is 0 Å². The Hall–Kier alpha value is -0.160. The summed E-state index contributed by atoms with van der Waals surface area (Å²) in [7, 11) is 3.55. The lowest BCUT2D eigenvalue weighted by molar-refractivity contribution is -0.00461. The SMILES string of the molecule is COC1CN(C(CN)CC2CCCCC2)CC1OC. The van der Waals surface area contributed by atoms with E-state index in [2.05, 4.69) is 4.90 Å². The summed E-state index contributed by atoms with van der Waals surface area (Å²) < 4.78 is 11.0. The Kier molecular flexibility index (Phi) is 6.07. The average Bonchev–Trinajstić information content (AvgIpc) is 2.89. The first-order valence-electron chi connectivity index (χ1n) is 7.78. The molecule has 1 saturated carbocycles. The van der Waals surface area contributed by atoms with Crippen molar-refractivity contribution in [3.8, 4) is 0 Å². The summed E-state index contributed by atoms with van der Waals surface area (Å²) in [4.78, 5) is 2.48. The zero-order chi connectivity index (χ0) is 13.7. The number of rotatable bonds is 6. The van der Waals surface area contributed by atoms with Crippen LogP contribution in [0.3, 0.4) is 0 Å². The van der Waals surface area contributed by atoms with Gasteiger partial charge in [0.2, 0.25) is 0 Å². The molecule has 3 atom stereocenters. The maximum atomic E-state index is 6.02. The number of methoxy groups -OCH3 is 2. The fraction of sp³-hybridized carbons (Fsp3) is 1.00. The molecule has 1 aliphatic heterocycles. The molecule has 2 aliphatic rings. The van der Waals surface area contributed by atoms with Crippen molar-refractivity contribution in [2.45, 2.75) is 56.8 Å². The lowest BCUT2D eigenvalue weighted by atomic mass is 9.84. The Bertz CT molecular complexity index is 245. The van der Waals surface area contributed by atoms with Gasteiger partial charge in [0.1, 0.15) is 0 Å². The monoisotopic (exact) mass is 270 g/mol. The highest BCUT2D eigenvalue weighted by Crippen LogP contribution is 2.29. The highest BCUT2D eigenvalue weighted by Gasteiger charge is 2.36. The number of likely N-dealkylation sites (tertiary alicyclic amines) is 1. The molecule has 4 heteroatoms. The predicted octanol–water partition coefficient (Wildman–Crippen LogP) is 1.63. The summed E-state index contributed by atoms with van der Waals surface area (Å²) in [6, 6.07) is 0.501. The summed E-state index contributed by atoms with van der Waals surface area (Å²) >= 11 is 0. The van der Waals surface area contributed by atoms with Crippen molar-refractivity contribution < 1.29 is 9.47 Å². The van der Waals surface area contributed by atoms with Gasteiger partial charge in [0, 0.05) is 39.9 Å². The summed E-state index contributed by atoms with van der Waals surface area (Å²) in [5, 5.41) is 0. The first-order chi connectivity index (χ1) is 9.28. The van der Waals surface area contributed by atoms with E-state index in [-0.39, 0.29) is 12.2 Å². The fourth-order valence-corrected chi connectivity index (χ4v) is 3.72. The van der Waals surface area contributed by atoms with Crippen molar-refractivity contribution in [1.82, 2.24) is 4.90 Å². The average molecular weight is 270 g/mol. The Morgan fingerprint density at radius 1 is 1.05 bits per heavy atom. The van der Waals surface area contributed by atoms with Crippen LogP contribution in [0.1, 0.15) is 38.5 Å². The molecule has 0 amide bonds. The molecule has 112 valence electrons. The van der Waals surface area contributed by atoms with Gasteiger partial charge in [0.25, 0.3) is 0 Å². The molecule has 0 spiro atoms. The lowest BCUT2D eigenvalue weighted by Gasteiger charge is -2.31. The molecule has 4 nitrogen and oxygen atoms in total. The van der Waals surface area contributed by atoms with E-state index in [1.165, 1.54) is 38.5 Å². The molecule has 0 aromatic heterocycles. The Morgan fingerprint density at radius 2 is 1.63 bits per heavy atom. The van der Waals surface area contributed by atoms with Crippen molar-refractivity contribution in [3.63, 3.8) is 0 Å². The van der Waals surface area contributed by atoms with Gasteiger partial charge in [-0.25, -0.2) is 0 Å². The summed E-state index contributed by atoms with van der Waals surface area (Å²) in [5.41, 5.74) is 6.02. The number of nitrogens with two attached hydrogens (primary N) is 1. The number of hydrogen-bond acceptors (Lipinski definition) is 4. The van der Waals surface area contributed by atoms with Crippen LogP contribution < -0.4 is 5.73 Å². The molecule has 0 aromatic carbocycles. The van der Waals surface area contributed by atoms with Crippen LogP contribution in [0, 0.1) is 5.92 Å². The zero-order valence-corrected chi connectivity index (χ0v) is 12.5. The van der Waals surface area contributed by atoms with Crippen LogP contribution in [-0.4, -0.2) is 57.0 Å². The topological polar surface area (TPSA) is 47.7 Å². The molecule has 0 bridgehead atoms. The van der Waals surface area contributed by atoms with Crippen LogP contribution in [0.5, 0.6) is 0 Å². The largest absolute Gasteiger partial charge is 0.377 e. The van der Waals surface area contributed by atoms with E-state index < -0.39 is 0 Å². The molecule has 0 radical (unpaired) electrons. The predicted molar refractivity (Wildman–Crippen MR) is 77.2 cm³/mol. The summed E-state index contributed by atoms with van der Waals surface area (Å²) in [6.07, 6.45) is 8.68. The van der Waals surface area contributed by atoms with Gasteiger partial charge in [-0.15, -0.1) is 0 Å². The van der Waals surface area contributed by atoms with E-state index in [0.29, 0.717) is 6.04 Å². The molecule has 2 fully saturated rings. The lowest BCUT2D eigenvalue weighted by Crippen LogP contribution is -2.41. The molecule has 1 aliphatic carbocycles. The van der Waals surface area contributed by atoms with Crippen LogP contribution in [0.2, 0.25) is 0 Å². The van der Waals surface area contributed by atoms with Crippen molar-refractivity contribution in [2.75, 3.05) is 33.9 Å². The maximum Gasteiger partial charge on any atom is 0.0971 e. The molecular formula is C15H30N2O2. The van der Waals surface area contributed by atoms with Gasteiger partial charge in [0.15, 0.2) is 0 Å². The Morgan fingerprint density at radius 3 is 2.11 bits per heavy atom. The van der Waals surface area contributed by atoms with E-state index in [4.69, 9.17) is 15.2 Å². The smallest absolute Gasteiger partial charge is 0.0971 e. The molecule has 0 aromatic rings. The van der Waals surface area contributed by atoms with Gasteiger partial charge >= 0.3 is 0 Å². The molecule has 2 rings (SSSR count). The molecule has 3 unspecified atom stereocenters. The van der Waals surface area contributed by atoms with E-state index >= 15 is 0 Å². The van der Waals surface area contributed by atoms with E-state index in [1.807, 2.05) is 0 Å². The molecule has 2 N–H and O–H groups in total. The third kappa shape index (κ3) is 3.91. The molecule has 19 heavy (non-hydrogen) atoms. The highest BCUT2D eigenvalue weighted by molar-refractivity contribution is 4.90. The second-order valence-corrected chi connectivity index (χ2v) is 6.13. The third-order valence-electron chi connectivity index (χ3n) is 4.97.